The molecule has 0 radical (unpaired) electrons. The smallest absolute Gasteiger partial charge is 0.267 e. The molecule has 1 N–H and O–H groups in total. The number of hydrogen-bond acceptors (Lipinski definition) is 2. The lowest BCUT2D eigenvalue weighted by atomic mass is 9.79. The van der Waals surface area contributed by atoms with E-state index in [9.17, 15) is 4.79 Å². The van der Waals surface area contributed by atoms with Crippen LogP contribution in [0, 0.1) is 12.3 Å². The van der Waals surface area contributed by atoms with Crippen LogP contribution in [-0.4, -0.2) is 10.2 Å². The maximum atomic E-state index is 11.5. The quantitative estimate of drug-likeness (QED) is 0.765. The van der Waals surface area contributed by atoms with Gasteiger partial charge >= 0.3 is 0 Å². The number of nitrogens with one attached hydrogen (secondary N) is 1. The molecule has 0 saturated heterocycles. The molecule has 1 aliphatic carbocycles. The van der Waals surface area contributed by atoms with Crippen molar-refractivity contribution >= 4 is 0 Å². The second-order valence-corrected chi connectivity index (χ2v) is 5.17. The molecule has 0 spiro atoms. The molecule has 1 atom stereocenters. The van der Waals surface area contributed by atoms with Crippen LogP contribution in [0.1, 0.15) is 49.9 Å². The number of rotatable bonds is 1. The van der Waals surface area contributed by atoms with Crippen LogP contribution in [0.5, 0.6) is 0 Å². The van der Waals surface area contributed by atoms with Crippen molar-refractivity contribution in [3.05, 3.63) is 27.2 Å². The molecule has 2 rings (SSSR count). The normalized spacial score (nSPS) is 22.8. The lowest BCUT2D eigenvalue weighted by Crippen LogP contribution is -2.17. The van der Waals surface area contributed by atoms with E-state index >= 15 is 0 Å². The van der Waals surface area contributed by atoms with Gasteiger partial charge in [0.1, 0.15) is 0 Å². The van der Waals surface area contributed by atoms with Crippen molar-refractivity contribution in [1.29, 1.82) is 0 Å². The maximum absolute atomic E-state index is 11.5. The van der Waals surface area contributed by atoms with Crippen molar-refractivity contribution in [2.24, 2.45) is 5.41 Å². The summed E-state index contributed by atoms with van der Waals surface area (Å²) in [6.07, 6.45) is 2.06. The molecule has 3 nitrogen and oxygen atoms in total. The first-order chi connectivity index (χ1) is 6.97. The van der Waals surface area contributed by atoms with Crippen LogP contribution >= 0.6 is 0 Å². The molecule has 0 fully saturated rings. The predicted molar refractivity (Wildman–Crippen MR) is 60.1 cm³/mol. The molecule has 1 unspecified atom stereocenters. The number of nitrogens with zero attached hydrogens (tertiary/aromatic N) is 1. The third kappa shape index (κ3) is 1.41. The topological polar surface area (TPSA) is 45.8 Å². The molecule has 15 heavy (non-hydrogen) atoms. The molecule has 3 heteroatoms. The van der Waals surface area contributed by atoms with Crippen LogP contribution in [-0.2, 0) is 6.42 Å². The van der Waals surface area contributed by atoms with Crippen molar-refractivity contribution in [1.82, 2.24) is 10.2 Å². The number of aromatic amines is 1. The summed E-state index contributed by atoms with van der Waals surface area (Å²) >= 11 is 0. The zero-order valence-electron chi connectivity index (χ0n) is 9.85. The van der Waals surface area contributed by atoms with E-state index in [0.717, 1.165) is 24.1 Å². The van der Waals surface area contributed by atoms with Gasteiger partial charge in [-0.1, -0.05) is 20.8 Å². The van der Waals surface area contributed by atoms with Gasteiger partial charge in [0.15, 0.2) is 0 Å². The fourth-order valence-corrected chi connectivity index (χ4v) is 2.80. The Morgan fingerprint density at radius 3 is 2.80 bits per heavy atom. The Bertz CT molecular complexity index is 445. The van der Waals surface area contributed by atoms with Crippen LogP contribution in [0.3, 0.4) is 0 Å². The largest absolute Gasteiger partial charge is 0.268 e. The third-order valence-corrected chi connectivity index (χ3v) is 3.69. The van der Waals surface area contributed by atoms with Gasteiger partial charge in [-0.2, -0.15) is 5.10 Å². The van der Waals surface area contributed by atoms with Gasteiger partial charge in [-0.05, 0) is 30.7 Å². The monoisotopic (exact) mass is 206 g/mol. The molecule has 1 heterocycles. The summed E-state index contributed by atoms with van der Waals surface area (Å²) in [6.45, 7) is 8.59. The first-order valence-corrected chi connectivity index (χ1v) is 5.55. The highest BCUT2D eigenvalue weighted by molar-refractivity contribution is 5.36. The Kier molecular flexibility index (Phi) is 2.21. The van der Waals surface area contributed by atoms with Gasteiger partial charge in [0, 0.05) is 11.5 Å². The molecule has 0 saturated carbocycles. The number of hydrogen-bond donors (Lipinski definition) is 1. The highest BCUT2D eigenvalue weighted by Gasteiger charge is 2.40. The highest BCUT2D eigenvalue weighted by Crippen LogP contribution is 2.47. The molecule has 1 aromatic heterocycles. The fraction of sp³-hybridized carbons (Fsp3) is 0.667. The van der Waals surface area contributed by atoms with Gasteiger partial charge in [0.25, 0.3) is 5.56 Å². The number of H-pyrrole nitrogens is 1. The van der Waals surface area contributed by atoms with Crippen molar-refractivity contribution < 1.29 is 0 Å². The van der Waals surface area contributed by atoms with Crippen LogP contribution in [0.4, 0.5) is 0 Å². The van der Waals surface area contributed by atoms with E-state index in [1.807, 2.05) is 6.92 Å². The van der Waals surface area contributed by atoms with Gasteiger partial charge in [-0.3, -0.25) is 4.79 Å². The van der Waals surface area contributed by atoms with Crippen LogP contribution in [0.2, 0.25) is 0 Å². The predicted octanol–water partition coefficient (Wildman–Crippen LogP) is 2.15. The Morgan fingerprint density at radius 1 is 1.53 bits per heavy atom. The van der Waals surface area contributed by atoms with Crippen LogP contribution < -0.4 is 5.56 Å². The molecule has 82 valence electrons. The summed E-state index contributed by atoms with van der Waals surface area (Å²) in [5, 5.41) is 6.83. The van der Waals surface area contributed by atoms with Crippen LogP contribution in [0.25, 0.3) is 0 Å². The van der Waals surface area contributed by atoms with E-state index in [-0.39, 0.29) is 11.0 Å². The molecule has 0 aromatic carbocycles. The zero-order valence-corrected chi connectivity index (χ0v) is 9.85. The molecule has 0 amide bonds. The Hall–Kier alpha value is -1.12. The Labute approximate surface area is 89.9 Å². The highest BCUT2D eigenvalue weighted by atomic mass is 16.1. The van der Waals surface area contributed by atoms with Gasteiger partial charge in [0.2, 0.25) is 0 Å². The minimum atomic E-state index is -0.0405. The van der Waals surface area contributed by atoms with E-state index in [0.29, 0.717) is 5.92 Å². The maximum Gasteiger partial charge on any atom is 0.267 e. The van der Waals surface area contributed by atoms with Gasteiger partial charge in [-0.25, -0.2) is 5.10 Å². The zero-order chi connectivity index (χ0) is 11.2. The van der Waals surface area contributed by atoms with Gasteiger partial charge < -0.3 is 0 Å². The molecular weight excluding hydrogens is 188 g/mol. The molecule has 1 aliphatic rings. The van der Waals surface area contributed by atoms with E-state index in [2.05, 4.69) is 31.0 Å². The first-order valence-electron chi connectivity index (χ1n) is 5.55. The fourth-order valence-electron chi connectivity index (χ4n) is 2.80. The average molecular weight is 206 g/mol. The van der Waals surface area contributed by atoms with E-state index < -0.39 is 0 Å². The van der Waals surface area contributed by atoms with E-state index in [1.165, 1.54) is 5.56 Å². The first kappa shape index (κ1) is 10.4. The summed E-state index contributed by atoms with van der Waals surface area (Å²) in [5.74, 6) is 0.475. The minimum absolute atomic E-state index is 0.0405. The Balaban J connectivity index is 2.62. The van der Waals surface area contributed by atoms with Gasteiger partial charge in [0.05, 0.1) is 5.69 Å². The SMILES string of the molecule is CCC1c2n[nH]c(=O)c(C)c2CC1(C)C. The van der Waals surface area contributed by atoms with Crippen LogP contribution in [0.15, 0.2) is 4.79 Å². The molecule has 1 aromatic rings. The number of aromatic nitrogens is 2. The Morgan fingerprint density at radius 2 is 2.20 bits per heavy atom. The summed E-state index contributed by atoms with van der Waals surface area (Å²) in [7, 11) is 0. The van der Waals surface area contributed by atoms with Gasteiger partial charge in [-0.15, -0.1) is 0 Å². The number of fused-ring (bicyclic) bond motifs is 1. The minimum Gasteiger partial charge on any atom is -0.268 e. The molecule has 0 aliphatic heterocycles. The van der Waals surface area contributed by atoms with Crippen molar-refractivity contribution in [2.45, 2.75) is 46.5 Å². The molecular formula is C12H18N2O. The second-order valence-electron chi connectivity index (χ2n) is 5.17. The summed E-state index contributed by atoms with van der Waals surface area (Å²) in [4.78, 5) is 11.5. The van der Waals surface area contributed by atoms with E-state index in [4.69, 9.17) is 0 Å². The lowest BCUT2D eigenvalue weighted by molar-refractivity contribution is 0.302. The average Bonchev–Trinajstić information content (AvgIpc) is 2.43. The van der Waals surface area contributed by atoms with Crippen molar-refractivity contribution in [3.63, 3.8) is 0 Å². The third-order valence-electron chi connectivity index (χ3n) is 3.69. The van der Waals surface area contributed by atoms with E-state index in [1.54, 1.807) is 0 Å². The lowest BCUT2D eigenvalue weighted by Gasteiger charge is -2.25. The summed E-state index contributed by atoms with van der Waals surface area (Å²) in [5.41, 5.74) is 3.33. The standard InChI is InChI=1S/C12H18N2O/c1-5-9-10-8(6-12(9,3)4)7(2)11(15)14-13-10/h9H,5-6H2,1-4H3,(H,14,15). The van der Waals surface area contributed by atoms with Crippen molar-refractivity contribution in [2.75, 3.05) is 0 Å². The van der Waals surface area contributed by atoms with Crippen molar-refractivity contribution in [3.8, 4) is 0 Å². The molecule has 0 bridgehead atoms. The summed E-state index contributed by atoms with van der Waals surface area (Å²) < 4.78 is 0. The second kappa shape index (κ2) is 3.19. The summed E-state index contributed by atoms with van der Waals surface area (Å²) in [6, 6.07) is 0.